The maximum atomic E-state index is 11.4. The Balaban J connectivity index is 2.65. The summed E-state index contributed by atoms with van der Waals surface area (Å²) in [6, 6.07) is -0.961. The third kappa shape index (κ3) is 3.27. The highest BCUT2D eigenvalue weighted by atomic mass is 16.2. The Hall–Kier alpha value is -1.92. The molecule has 94 valence electrons. The van der Waals surface area contributed by atoms with Gasteiger partial charge in [0.2, 0.25) is 23.6 Å². The standard InChI is InChI=1S/C10H15N3O4/c11-7(14)3-1-2-6(10(12)17)13-8(15)4-5-9(13)16/h6H,1-5H2,(H2,11,14)(H2,12,17). The van der Waals surface area contributed by atoms with Gasteiger partial charge in [-0.1, -0.05) is 0 Å². The molecule has 1 aliphatic heterocycles. The SMILES string of the molecule is NC(=O)CCCC(C(N)=O)N1C(=O)CCC1=O. The van der Waals surface area contributed by atoms with E-state index in [-0.39, 0.29) is 25.7 Å². The van der Waals surface area contributed by atoms with Gasteiger partial charge in [-0.05, 0) is 12.8 Å². The lowest BCUT2D eigenvalue weighted by Crippen LogP contribution is -2.47. The maximum absolute atomic E-state index is 11.4. The van der Waals surface area contributed by atoms with Crippen LogP contribution in [0.4, 0.5) is 0 Å². The van der Waals surface area contributed by atoms with E-state index in [1.54, 1.807) is 0 Å². The third-order valence-electron chi connectivity index (χ3n) is 2.63. The predicted octanol–water partition coefficient (Wildman–Crippen LogP) is -1.36. The summed E-state index contributed by atoms with van der Waals surface area (Å²) in [6.07, 6.45) is 0.812. The van der Waals surface area contributed by atoms with Crippen LogP contribution < -0.4 is 11.5 Å². The van der Waals surface area contributed by atoms with Gasteiger partial charge in [0.05, 0.1) is 0 Å². The zero-order chi connectivity index (χ0) is 13.0. The van der Waals surface area contributed by atoms with Gasteiger partial charge in [0.25, 0.3) is 0 Å². The van der Waals surface area contributed by atoms with Gasteiger partial charge in [-0.15, -0.1) is 0 Å². The minimum absolute atomic E-state index is 0.0972. The minimum atomic E-state index is -0.961. The van der Waals surface area contributed by atoms with Crippen molar-refractivity contribution in [1.82, 2.24) is 4.90 Å². The summed E-state index contributed by atoms with van der Waals surface area (Å²) in [7, 11) is 0. The Labute approximate surface area is 98.1 Å². The van der Waals surface area contributed by atoms with Crippen LogP contribution in [-0.2, 0) is 19.2 Å². The van der Waals surface area contributed by atoms with Crippen LogP contribution in [0.1, 0.15) is 32.1 Å². The Morgan fingerprint density at radius 2 is 1.71 bits per heavy atom. The van der Waals surface area contributed by atoms with Crippen LogP contribution in [-0.4, -0.2) is 34.6 Å². The molecule has 0 aromatic heterocycles. The zero-order valence-corrected chi connectivity index (χ0v) is 9.35. The molecule has 1 atom stereocenters. The lowest BCUT2D eigenvalue weighted by Gasteiger charge is -2.23. The summed E-state index contributed by atoms with van der Waals surface area (Å²) in [6.45, 7) is 0. The van der Waals surface area contributed by atoms with Crippen molar-refractivity contribution in [2.75, 3.05) is 0 Å². The highest BCUT2D eigenvalue weighted by Crippen LogP contribution is 2.18. The maximum Gasteiger partial charge on any atom is 0.240 e. The van der Waals surface area contributed by atoms with Crippen molar-refractivity contribution in [2.45, 2.75) is 38.1 Å². The molecule has 1 rings (SSSR count). The molecule has 0 aromatic carbocycles. The van der Waals surface area contributed by atoms with E-state index < -0.39 is 29.7 Å². The number of hydrogen-bond donors (Lipinski definition) is 2. The minimum Gasteiger partial charge on any atom is -0.370 e. The number of carbonyl (C=O) groups is 4. The lowest BCUT2D eigenvalue weighted by atomic mass is 10.1. The smallest absolute Gasteiger partial charge is 0.240 e. The molecule has 0 aliphatic carbocycles. The summed E-state index contributed by atoms with van der Waals surface area (Å²) >= 11 is 0. The Morgan fingerprint density at radius 3 is 2.12 bits per heavy atom. The fourth-order valence-corrected chi connectivity index (χ4v) is 1.81. The number of nitrogens with two attached hydrogens (primary N) is 2. The van der Waals surface area contributed by atoms with Crippen LogP contribution in [0.2, 0.25) is 0 Å². The fraction of sp³-hybridized carbons (Fsp3) is 0.600. The van der Waals surface area contributed by atoms with E-state index in [1.807, 2.05) is 0 Å². The molecule has 17 heavy (non-hydrogen) atoms. The molecule has 1 heterocycles. The first kappa shape index (κ1) is 13.1. The van der Waals surface area contributed by atoms with E-state index in [4.69, 9.17) is 11.5 Å². The number of carbonyl (C=O) groups excluding carboxylic acids is 4. The third-order valence-corrected chi connectivity index (χ3v) is 2.63. The summed E-state index contributed by atoms with van der Waals surface area (Å²) < 4.78 is 0. The number of primary amides is 2. The molecule has 1 saturated heterocycles. The van der Waals surface area contributed by atoms with E-state index in [2.05, 4.69) is 0 Å². The fourth-order valence-electron chi connectivity index (χ4n) is 1.81. The number of hydrogen-bond acceptors (Lipinski definition) is 4. The summed E-state index contributed by atoms with van der Waals surface area (Å²) in [5.41, 5.74) is 10.1. The van der Waals surface area contributed by atoms with Gasteiger partial charge in [0.15, 0.2) is 0 Å². The molecule has 0 bridgehead atoms. The van der Waals surface area contributed by atoms with Crippen LogP contribution in [0, 0.1) is 0 Å². The van der Waals surface area contributed by atoms with Crippen LogP contribution in [0.25, 0.3) is 0 Å². The van der Waals surface area contributed by atoms with Gasteiger partial charge in [0, 0.05) is 19.3 Å². The van der Waals surface area contributed by atoms with Crippen molar-refractivity contribution < 1.29 is 19.2 Å². The van der Waals surface area contributed by atoms with Crippen LogP contribution in [0.5, 0.6) is 0 Å². The van der Waals surface area contributed by atoms with E-state index in [9.17, 15) is 19.2 Å². The van der Waals surface area contributed by atoms with Crippen molar-refractivity contribution in [3.63, 3.8) is 0 Å². The predicted molar refractivity (Wildman–Crippen MR) is 57.1 cm³/mol. The largest absolute Gasteiger partial charge is 0.370 e. The van der Waals surface area contributed by atoms with Gasteiger partial charge < -0.3 is 11.5 Å². The van der Waals surface area contributed by atoms with E-state index in [1.165, 1.54) is 0 Å². The monoisotopic (exact) mass is 241 g/mol. The molecule has 7 heteroatoms. The first-order valence-electron chi connectivity index (χ1n) is 5.36. The van der Waals surface area contributed by atoms with Crippen LogP contribution in [0.3, 0.4) is 0 Å². The highest BCUT2D eigenvalue weighted by molar-refractivity contribution is 6.05. The molecule has 0 saturated carbocycles. The average molecular weight is 241 g/mol. The van der Waals surface area contributed by atoms with Crippen LogP contribution in [0.15, 0.2) is 0 Å². The normalized spacial score (nSPS) is 17.3. The average Bonchev–Trinajstić information content (AvgIpc) is 2.54. The first-order chi connectivity index (χ1) is 7.93. The quantitative estimate of drug-likeness (QED) is 0.557. The molecule has 0 radical (unpaired) electrons. The highest BCUT2D eigenvalue weighted by Gasteiger charge is 2.37. The summed E-state index contributed by atoms with van der Waals surface area (Å²) in [4.78, 5) is 45.5. The van der Waals surface area contributed by atoms with Crippen molar-refractivity contribution >= 4 is 23.6 Å². The second-order valence-electron chi connectivity index (χ2n) is 3.93. The molecule has 4 N–H and O–H groups in total. The number of amides is 4. The van der Waals surface area contributed by atoms with Crippen molar-refractivity contribution in [3.05, 3.63) is 0 Å². The van der Waals surface area contributed by atoms with Crippen molar-refractivity contribution in [1.29, 1.82) is 0 Å². The summed E-state index contributed by atoms with van der Waals surface area (Å²) in [5.74, 6) is -2.01. The number of rotatable bonds is 6. The van der Waals surface area contributed by atoms with E-state index in [0.29, 0.717) is 6.42 Å². The number of likely N-dealkylation sites (tertiary alicyclic amines) is 1. The second-order valence-corrected chi connectivity index (χ2v) is 3.93. The van der Waals surface area contributed by atoms with Crippen LogP contribution >= 0.6 is 0 Å². The van der Waals surface area contributed by atoms with Crippen molar-refractivity contribution in [2.24, 2.45) is 11.5 Å². The first-order valence-corrected chi connectivity index (χ1v) is 5.36. The van der Waals surface area contributed by atoms with Crippen molar-refractivity contribution in [3.8, 4) is 0 Å². The molecule has 1 aliphatic rings. The Kier molecular flexibility index (Phi) is 4.19. The zero-order valence-electron chi connectivity index (χ0n) is 9.35. The second kappa shape index (κ2) is 5.42. The lowest BCUT2D eigenvalue weighted by molar-refractivity contribution is -0.146. The van der Waals surface area contributed by atoms with Gasteiger partial charge in [-0.25, -0.2) is 0 Å². The molecule has 1 fully saturated rings. The Morgan fingerprint density at radius 1 is 1.18 bits per heavy atom. The molecular formula is C10H15N3O4. The van der Waals surface area contributed by atoms with E-state index >= 15 is 0 Å². The molecule has 0 spiro atoms. The molecule has 1 unspecified atom stereocenters. The Bertz CT molecular complexity index is 351. The topological polar surface area (TPSA) is 124 Å². The number of nitrogens with zero attached hydrogens (tertiary/aromatic N) is 1. The van der Waals surface area contributed by atoms with Gasteiger partial charge in [0.1, 0.15) is 6.04 Å². The van der Waals surface area contributed by atoms with Gasteiger partial charge in [-0.3, -0.25) is 24.1 Å². The molecule has 7 nitrogen and oxygen atoms in total. The van der Waals surface area contributed by atoms with E-state index in [0.717, 1.165) is 4.90 Å². The molecule has 4 amide bonds. The van der Waals surface area contributed by atoms with Gasteiger partial charge >= 0.3 is 0 Å². The number of imide groups is 1. The molecular weight excluding hydrogens is 226 g/mol. The summed E-state index contributed by atoms with van der Waals surface area (Å²) in [5, 5.41) is 0. The van der Waals surface area contributed by atoms with Gasteiger partial charge in [-0.2, -0.15) is 0 Å². The molecule has 0 aromatic rings.